The quantitative estimate of drug-likeness (QED) is 0.861. The second kappa shape index (κ2) is 7.33. The summed E-state index contributed by atoms with van der Waals surface area (Å²) in [6.45, 7) is 2.25. The van der Waals surface area contributed by atoms with Gasteiger partial charge < -0.3 is 14.9 Å². The molecule has 1 saturated heterocycles. The van der Waals surface area contributed by atoms with Crippen LogP contribution in [0, 0.1) is 0 Å². The number of para-hydroxylation sites is 3. The lowest BCUT2D eigenvalue weighted by molar-refractivity contribution is -0.122. The third-order valence-corrected chi connectivity index (χ3v) is 6.99. The Kier molecular flexibility index (Phi) is 4.69. The lowest BCUT2D eigenvalue weighted by Gasteiger charge is -2.39. The zero-order valence-corrected chi connectivity index (χ0v) is 16.6. The molecule has 2 aliphatic heterocycles. The van der Waals surface area contributed by atoms with Gasteiger partial charge in [-0.05, 0) is 31.0 Å². The van der Waals surface area contributed by atoms with Gasteiger partial charge in [0.25, 0.3) is 0 Å². The molecular formula is C22H25N3O2S. The Hall–Kier alpha value is -2.18. The topological polar surface area (TPSA) is 47.0 Å². The van der Waals surface area contributed by atoms with Crippen molar-refractivity contribution in [1.29, 1.82) is 0 Å². The average molecular weight is 396 g/mol. The second-order valence-corrected chi connectivity index (χ2v) is 8.79. The Labute approximate surface area is 169 Å². The number of rotatable bonds is 4. The van der Waals surface area contributed by atoms with Gasteiger partial charge >= 0.3 is 0 Å². The summed E-state index contributed by atoms with van der Waals surface area (Å²) in [6.07, 6.45) is 2.52. The van der Waals surface area contributed by atoms with Crippen molar-refractivity contribution in [2.45, 2.75) is 31.5 Å². The molecule has 6 heteroatoms. The highest BCUT2D eigenvalue weighted by atomic mass is 32.2. The van der Waals surface area contributed by atoms with E-state index in [-0.39, 0.29) is 11.9 Å². The Bertz CT molecular complexity index is 886. The van der Waals surface area contributed by atoms with Gasteiger partial charge in [-0.2, -0.15) is 0 Å². The van der Waals surface area contributed by atoms with E-state index in [0.717, 1.165) is 36.0 Å². The number of phenols is 1. The number of thioether (sulfide) groups is 1. The number of carbonyl (C=O) groups excluding carboxylic acids is 1. The van der Waals surface area contributed by atoms with Gasteiger partial charge in [0, 0.05) is 42.9 Å². The van der Waals surface area contributed by atoms with Gasteiger partial charge in [-0.15, -0.1) is 11.8 Å². The molecule has 0 aromatic heterocycles. The second-order valence-electron chi connectivity index (χ2n) is 7.79. The van der Waals surface area contributed by atoms with Crippen LogP contribution in [0.4, 0.5) is 11.4 Å². The molecule has 1 aliphatic carbocycles. The smallest absolute Gasteiger partial charge is 0.245 e. The largest absolute Gasteiger partial charge is 0.508 e. The number of carbonyl (C=O) groups is 1. The Morgan fingerprint density at radius 3 is 2.57 bits per heavy atom. The van der Waals surface area contributed by atoms with E-state index in [1.807, 2.05) is 29.2 Å². The first kappa shape index (κ1) is 17.9. The maximum Gasteiger partial charge on any atom is 0.245 e. The highest BCUT2D eigenvalue weighted by Crippen LogP contribution is 2.40. The fraction of sp³-hybridized carbons (Fsp3) is 0.409. The lowest BCUT2D eigenvalue weighted by Crippen LogP contribution is -2.52. The molecule has 28 heavy (non-hydrogen) atoms. The summed E-state index contributed by atoms with van der Waals surface area (Å²) in [6, 6.07) is 16.2. The van der Waals surface area contributed by atoms with E-state index in [0.29, 0.717) is 18.3 Å². The molecule has 2 fully saturated rings. The van der Waals surface area contributed by atoms with Crippen molar-refractivity contribution in [3.8, 4) is 5.75 Å². The molecule has 1 amide bonds. The van der Waals surface area contributed by atoms with Crippen LogP contribution in [0.15, 0.2) is 48.5 Å². The number of hydrogen-bond donors (Lipinski definition) is 1. The summed E-state index contributed by atoms with van der Waals surface area (Å²) in [5.41, 5.74) is 3.12. The molecule has 2 heterocycles. The number of amides is 1. The van der Waals surface area contributed by atoms with Crippen LogP contribution in [-0.2, 0) is 11.3 Å². The predicted molar refractivity (Wildman–Crippen MR) is 114 cm³/mol. The molecule has 5 nitrogen and oxygen atoms in total. The first-order valence-electron chi connectivity index (χ1n) is 9.98. The van der Waals surface area contributed by atoms with E-state index in [4.69, 9.17) is 0 Å². The first-order valence-corrected chi connectivity index (χ1v) is 11.1. The van der Waals surface area contributed by atoms with Crippen LogP contribution in [0.1, 0.15) is 18.4 Å². The van der Waals surface area contributed by atoms with Gasteiger partial charge in [-0.1, -0.05) is 30.3 Å². The molecule has 146 valence electrons. The minimum atomic E-state index is -0.148. The van der Waals surface area contributed by atoms with Gasteiger partial charge in [-0.25, -0.2) is 0 Å². The molecule has 3 aliphatic rings. The van der Waals surface area contributed by atoms with Crippen molar-refractivity contribution in [1.82, 2.24) is 4.90 Å². The van der Waals surface area contributed by atoms with Gasteiger partial charge in [-0.3, -0.25) is 9.69 Å². The van der Waals surface area contributed by atoms with Gasteiger partial charge in [0.1, 0.15) is 5.75 Å². The standard InChI is InChI=1S/C22H25N3O2S/c26-21-8-4-1-5-16(21)13-23-15-28-14-20(23)22(27)25-12-11-24(17-9-10-17)18-6-2-3-7-19(18)25/h1-8,17,20,26H,9-15H2/t20-/m0/s1. The van der Waals surface area contributed by atoms with Crippen LogP contribution in [0.3, 0.4) is 0 Å². The van der Waals surface area contributed by atoms with E-state index in [9.17, 15) is 9.90 Å². The number of benzene rings is 2. The Morgan fingerprint density at radius 2 is 1.79 bits per heavy atom. The summed E-state index contributed by atoms with van der Waals surface area (Å²) < 4.78 is 0. The Balaban J connectivity index is 1.38. The Morgan fingerprint density at radius 1 is 1.04 bits per heavy atom. The van der Waals surface area contributed by atoms with Gasteiger partial charge in [0.15, 0.2) is 0 Å². The SMILES string of the molecule is O=C([C@@H]1CSCN1Cc1ccccc1O)N1CCN(C2CC2)c2ccccc21. The molecule has 1 atom stereocenters. The molecule has 0 bridgehead atoms. The van der Waals surface area contributed by atoms with Crippen LogP contribution >= 0.6 is 11.8 Å². The molecule has 5 rings (SSSR count). The molecular weight excluding hydrogens is 370 g/mol. The van der Waals surface area contributed by atoms with Crippen molar-refractivity contribution >= 4 is 29.0 Å². The van der Waals surface area contributed by atoms with Crippen molar-refractivity contribution < 1.29 is 9.90 Å². The minimum Gasteiger partial charge on any atom is -0.508 e. The maximum absolute atomic E-state index is 13.5. The third-order valence-electron chi connectivity index (χ3n) is 5.92. The normalized spacial score (nSPS) is 22.4. The maximum atomic E-state index is 13.5. The van der Waals surface area contributed by atoms with Crippen molar-refractivity contribution in [3.63, 3.8) is 0 Å². The number of aromatic hydroxyl groups is 1. The summed E-state index contributed by atoms with van der Waals surface area (Å²) in [7, 11) is 0. The fourth-order valence-corrected chi connectivity index (χ4v) is 5.47. The number of nitrogens with zero attached hydrogens (tertiary/aromatic N) is 3. The molecule has 0 unspecified atom stereocenters. The van der Waals surface area contributed by atoms with E-state index in [1.54, 1.807) is 17.8 Å². The molecule has 1 saturated carbocycles. The van der Waals surface area contributed by atoms with E-state index in [2.05, 4.69) is 28.0 Å². The number of phenolic OH excluding ortho intramolecular Hbond substituents is 1. The summed E-state index contributed by atoms with van der Waals surface area (Å²) in [4.78, 5) is 20.2. The fourth-order valence-electron chi connectivity index (χ4n) is 4.28. The van der Waals surface area contributed by atoms with Crippen molar-refractivity contribution in [2.24, 2.45) is 0 Å². The lowest BCUT2D eigenvalue weighted by atomic mass is 10.1. The number of anilines is 2. The van der Waals surface area contributed by atoms with Gasteiger partial charge in [0.2, 0.25) is 5.91 Å². The van der Waals surface area contributed by atoms with Crippen LogP contribution in [0.25, 0.3) is 0 Å². The molecule has 2 aromatic rings. The molecule has 0 spiro atoms. The first-order chi connectivity index (χ1) is 13.7. The third kappa shape index (κ3) is 3.25. The summed E-state index contributed by atoms with van der Waals surface area (Å²) in [5.74, 6) is 2.10. The predicted octanol–water partition coefficient (Wildman–Crippen LogP) is 3.28. The zero-order valence-electron chi connectivity index (χ0n) is 15.8. The van der Waals surface area contributed by atoms with Crippen LogP contribution in [0.5, 0.6) is 5.75 Å². The summed E-state index contributed by atoms with van der Waals surface area (Å²) >= 11 is 1.79. The summed E-state index contributed by atoms with van der Waals surface area (Å²) in [5, 5.41) is 10.1. The average Bonchev–Trinajstić information content (AvgIpc) is 3.47. The number of fused-ring (bicyclic) bond motifs is 1. The van der Waals surface area contributed by atoms with Crippen LogP contribution in [0.2, 0.25) is 0 Å². The monoisotopic (exact) mass is 395 g/mol. The molecule has 0 radical (unpaired) electrons. The van der Waals surface area contributed by atoms with Crippen LogP contribution in [-0.4, -0.2) is 52.7 Å². The highest BCUT2D eigenvalue weighted by molar-refractivity contribution is 7.99. The van der Waals surface area contributed by atoms with E-state index >= 15 is 0 Å². The van der Waals surface area contributed by atoms with Crippen molar-refractivity contribution in [2.75, 3.05) is 34.5 Å². The van der Waals surface area contributed by atoms with E-state index < -0.39 is 0 Å². The molecule has 2 aromatic carbocycles. The zero-order chi connectivity index (χ0) is 19.1. The highest BCUT2D eigenvalue weighted by Gasteiger charge is 2.39. The van der Waals surface area contributed by atoms with Gasteiger partial charge in [0.05, 0.1) is 17.4 Å². The minimum absolute atomic E-state index is 0.148. The molecule has 1 N–H and O–H groups in total. The number of hydrogen-bond acceptors (Lipinski definition) is 5. The van der Waals surface area contributed by atoms with E-state index in [1.165, 1.54) is 18.5 Å². The van der Waals surface area contributed by atoms with Crippen molar-refractivity contribution in [3.05, 3.63) is 54.1 Å². The van der Waals surface area contributed by atoms with Crippen LogP contribution < -0.4 is 9.80 Å².